The predicted molar refractivity (Wildman–Crippen MR) is 248 cm³/mol. The number of unbranched alkanes of at least 4 members (excludes halogenated alkanes) is 21. The van der Waals surface area contributed by atoms with E-state index < -0.39 is 0 Å². The highest BCUT2D eigenvalue weighted by molar-refractivity contribution is 5.76. The molecule has 0 heterocycles. The van der Waals surface area contributed by atoms with Gasteiger partial charge in [-0.3, -0.25) is 14.5 Å². The molecule has 0 aliphatic carbocycles. The molecule has 1 unspecified atom stereocenters. The van der Waals surface area contributed by atoms with Gasteiger partial charge in [0.05, 0.1) is 20.6 Å². The van der Waals surface area contributed by atoms with Crippen molar-refractivity contribution in [1.82, 2.24) is 20.9 Å². The topological polar surface area (TPSA) is 93.7 Å². The number of nitrogens with one attached hydrogen (secondary N) is 3. The van der Waals surface area contributed by atoms with Crippen molar-refractivity contribution < 1.29 is 19.2 Å². The van der Waals surface area contributed by atoms with Crippen molar-refractivity contribution in [2.24, 2.45) is 0 Å². The number of allylic oxidation sites excluding steroid dienone is 4. The molecule has 336 valence electrons. The largest absolute Gasteiger partial charge is 0.386 e. The van der Waals surface area contributed by atoms with Gasteiger partial charge in [-0.2, -0.15) is 0 Å². The van der Waals surface area contributed by atoms with Crippen molar-refractivity contribution in [2.75, 3.05) is 73.0 Å². The van der Waals surface area contributed by atoms with Gasteiger partial charge in [0.1, 0.15) is 12.6 Å². The van der Waals surface area contributed by atoms with Gasteiger partial charge < -0.3 is 25.5 Å². The number of aliphatic hydroxyl groups excluding tert-OH is 1. The van der Waals surface area contributed by atoms with E-state index in [4.69, 9.17) is 0 Å². The summed E-state index contributed by atoms with van der Waals surface area (Å²) in [5.74, 6) is 0.344. The van der Waals surface area contributed by atoms with Crippen LogP contribution >= 0.6 is 0 Å². The molecule has 0 bridgehead atoms. The van der Waals surface area contributed by atoms with Crippen LogP contribution in [0.25, 0.3) is 0 Å². The van der Waals surface area contributed by atoms with Gasteiger partial charge in [-0.1, -0.05) is 134 Å². The summed E-state index contributed by atoms with van der Waals surface area (Å²) in [5, 5.41) is 21.1. The Morgan fingerprint density at radius 3 is 1.53 bits per heavy atom. The summed E-state index contributed by atoms with van der Waals surface area (Å²) in [6, 6.07) is 0. The summed E-state index contributed by atoms with van der Waals surface area (Å²) >= 11 is 0. The summed E-state index contributed by atoms with van der Waals surface area (Å²) in [5.41, 5.74) is 0. The molecule has 0 aromatic rings. The summed E-state index contributed by atoms with van der Waals surface area (Å²) in [7, 11) is 4.52. The zero-order valence-electron chi connectivity index (χ0n) is 38.7. The third-order valence-electron chi connectivity index (χ3n) is 11.2. The lowest BCUT2D eigenvalue weighted by Gasteiger charge is -2.34. The quantitative estimate of drug-likeness (QED) is 0.0280. The first-order chi connectivity index (χ1) is 27.7. The van der Waals surface area contributed by atoms with Gasteiger partial charge in [0.25, 0.3) is 0 Å². The van der Waals surface area contributed by atoms with Gasteiger partial charge in [0.2, 0.25) is 11.8 Å². The zero-order valence-corrected chi connectivity index (χ0v) is 38.7. The first-order valence-corrected chi connectivity index (χ1v) is 24.4. The molecule has 0 saturated carbocycles. The number of amides is 2. The minimum atomic E-state index is -0.390. The number of nitrogens with zero attached hydrogens (tertiary/aromatic N) is 2. The predicted octanol–water partition coefficient (Wildman–Crippen LogP) is 10.6. The standard InChI is InChI=1S/C49H97N5O3/c1-6-9-12-15-18-21-24-27-30-33-44-54(4,5)46-47(55)45-53(42-35-40-52-49(57)37-32-29-26-23-20-17-14-11-8-3)43-41-50-38-34-39-51-48(56)36-31-28-25-22-19-16-13-10-7-2/h7-8,10-11,47,50,55H,6,9,12-46H2,1-5H3,(H-,51,52,56,57)/p+1/b10-7-,11-8+. The fourth-order valence-electron chi connectivity index (χ4n) is 7.69. The van der Waals surface area contributed by atoms with Gasteiger partial charge in [-0.25, -0.2) is 0 Å². The van der Waals surface area contributed by atoms with E-state index in [2.05, 4.69) is 80.0 Å². The molecule has 0 aliphatic heterocycles. The molecule has 2 amide bonds. The number of hydrogen-bond donors (Lipinski definition) is 4. The molecule has 0 saturated heterocycles. The molecule has 57 heavy (non-hydrogen) atoms. The second-order valence-electron chi connectivity index (χ2n) is 17.6. The highest BCUT2D eigenvalue weighted by Gasteiger charge is 2.22. The molecular formula is C49H98N5O3+. The minimum absolute atomic E-state index is 0.167. The van der Waals surface area contributed by atoms with E-state index in [-0.39, 0.29) is 17.9 Å². The Balaban J connectivity index is 4.48. The van der Waals surface area contributed by atoms with Crippen molar-refractivity contribution in [3.63, 3.8) is 0 Å². The Kier molecular flexibility index (Phi) is 41.1. The Morgan fingerprint density at radius 1 is 0.561 bits per heavy atom. The number of quaternary nitrogens is 1. The van der Waals surface area contributed by atoms with Gasteiger partial charge in [0, 0.05) is 45.6 Å². The summed E-state index contributed by atoms with van der Waals surface area (Å²) in [4.78, 5) is 27.1. The fourth-order valence-corrected chi connectivity index (χ4v) is 7.69. The van der Waals surface area contributed by atoms with E-state index in [9.17, 15) is 14.7 Å². The average Bonchev–Trinajstić information content (AvgIpc) is 3.18. The van der Waals surface area contributed by atoms with Gasteiger partial charge >= 0.3 is 0 Å². The van der Waals surface area contributed by atoms with E-state index in [1.165, 1.54) is 128 Å². The first kappa shape index (κ1) is 55.3. The Labute approximate surface area is 354 Å². The highest BCUT2D eigenvalue weighted by Crippen LogP contribution is 2.13. The van der Waals surface area contributed by atoms with Gasteiger partial charge in [0.15, 0.2) is 0 Å². The third kappa shape index (κ3) is 42.2. The van der Waals surface area contributed by atoms with Crippen LogP contribution < -0.4 is 16.0 Å². The van der Waals surface area contributed by atoms with E-state index in [1.807, 2.05) is 0 Å². The maximum Gasteiger partial charge on any atom is 0.219 e. The van der Waals surface area contributed by atoms with E-state index in [0.29, 0.717) is 32.5 Å². The average molecular weight is 805 g/mol. The zero-order chi connectivity index (χ0) is 41.9. The maximum absolute atomic E-state index is 12.5. The van der Waals surface area contributed by atoms with Crippen LogP contribution in [0.15, 0.2) is 24.3 Å². The Hall–Kier alpha value is -1.74. The lowest BCUT2D eigenvalue weighted by Crippen LogP contribution is -2.50. The second kappa shape index (κ2) is 42.4. The number of aliphatic hydroxyl groups is 1. The van der Waals surface area contributed by atoms with Crippen molar-refractivity contribution in [3.05, 3.63) is 24.3 Å². The van der Waals surface area contributed by atoms with Crippen LogP contribution in [-0.4, -0.2) is 105 Å². The Morgan fingerprint density at radius 2 is 1.02 bits per heavy atom. The number of carbonyl (C=O) groups is 2. The van der Waals surface area contributed by atoms with Crippen LogP contribution in [-0.2, 0) is 9.59 Å². The van der Waals surface area contributed by atoms with Crippen LogP contribution in [0.5, 0.6) is 0 Å². The van der Waals surface area contributed by atoms with Crippen molar-refractivity contribution in [1.29, 1.82) is 0 Å². The summed E-state index contributed by atoms with van der Waals surface area (Å²) < 4.78 is 0.847. The van der Waals surface area contributed by atoms with E-state index in [0.717, 1.165) is 82.3 Å². The van der Waals surface area contributed by atoms with Crippen LogP contribution in [0, 0.1) is 0 Å². The van der Waals surface area contributed by atoms with Crippen molar-refractivity contribution in [3.8, 4) is 0 Å². The Bertz CT molecular complexity index is 940. The number of likely N-dealkylation sites (N-methyl/N-ethyl adjacent to an activating group) is 1. The van der Waals surface area contributed by atoms with Crippen LogP contribution in [0.4, 0.5) is 0 Å². The van der Waals surface area contributed by atoms with E-state index >= 15 is 0 Å². The number of carbonyl (C=O) groups excluding carboxylic acids is 2. The highest BCUT2D eigenvalue weighted by atomic mass is 16.3. The lowest BCUT2D eigenvalue weighted by atomic mass is 10.1. The SMILES string of the molecule is C/C=C\CCCCCCCCC(=O)NCCCNCCN(CCCNC(=O)CCCCCCCC/C=C/C)CC(O)C[N+](C)(C)CCCCCCCCCCCC. The molecule has 0 aromatic heterocycles. The molecule has 1 atom stereocenters. The molecule has 0 aromatic carbocycles. The third-order valence-corrected chi connectivity index (χ3v) is 11.2. The molecule has 0 spiro atoms. The van der Waals surface area contributed by atoms with E-state index in [1.54, 1.807) is 0 Å². The number of rotatable bonds is 44. The normalized spacial score (nSPS) is 12.7. The van der Waals surface area contributed by atoms with Crippen molar-refractivity contribution >= 4 is 11.8 Å². The molecule has 8 nitrogen and oxygen atoms in total. The molecule has 4 N–H and O–H groups in total. The molecule has 0 aliphatic rings. The second-order valence-corrected chi connectivity index (χ2v) is 17.6. The molecule has 8 heteroatoms. The van der Waals surface area contributed by atoms with Gasteiger partial charge in [-0.05, 0) is 91.1 Å². The number of hydrogen-bond acceptors (Lipinski definition) is 5. The van der Waals surface area contributed by atoms with Crippen LogP contribution in [0.3, 0.4) is 0 Å². The van der Waals surface area contributed by atoms with Crippen molar-refractivity contribution in [2.45, 2.75) is 207 Å². The molecule has 0 rings (SSSR count). The fraction of sp³-hybridized carbons (Fsp3) is 0.878. The van der Waals surface area contributed by atoms with Crippen LogP contribution in [0.1, 0.15) is 201 Å². The summed E-state index contributed by atoms with van der Waals surface area (Å²) in [6.07, 6.45) is 41.5. The van der Waals surface area contributed by atoms with Crippen LogP contribution in [0.2, 0.25) is 0 Å². The maximum atomic E-state index is 12.5. The lowest BCUT2D eigenvalue weighted by molar-refractivity contribution is -0.893. The summed E-state index contributed by atoms with van der Waals surface area (Å²) in [6.45, 7) is 13.7. The molecule has 0 fully saturated rings. The van der Waals surface area contributed by atoms with Gasteiger partial charge in [-0.15, -0.1) is 0 Å². The monoisotopic (exact) mass is 805 g/mol. The first-order valence-electron chi connectivity index (χ1n) is 24.4. The molecule has 0 radical (unpaired) electrons. The minimum Gasteiger partial charge on any atom is -0.386 e. The molecular weight excluding hydrogens is 707 g/mol. The smallest absolute Gasteiger partial charge is 0.219 e.